The molecule has 0 fully saturated rings. The highest BCUT2D eigenvalue weighted by Gasteiger charge is 2.21. The van der Waals surface area contributed by atoms with Gasteiger partial charge in [0.25, 0.3) is 0 Å². The predicted octanol–water partition coefficient (Wildman–Crippen LogP) is 3.61. The lowest BCUT2D eigenvalue weighted by atomic mass is 10.0. The lowest BCUT2D eigenvalue weighted by Gasteiger charge is -2.12. The first-order valence-corrected chi connectivity index (χ1v) is 7.42. The topological polar surface area (TPSA) is 72.3 Å². The van der Waals surface area contributed by atoms with Gasteiger partial charge in [0, 0.05) is 11.1 Å². The van der Waals surface area contributed by atoms with Crippen molar-refractivity contribution in [2.24, 2.45) is 0 Å². The molecule has 5 heteroatoms. The van der Waals surface area contributed by atoms with Gasteiger partial charge in [-0.05, 0) is 19.1 Å². The van der Waals surface area contributed by atoms with E-state index in [9.17, 15) is 9.90 Å². The van der Waals surface area contributed by atoms with Gasteiger partial charge in [0.05, 0.1) is 18.5 Å². The molecule has 120 valence electrons. The van der Waals surface area contributed by atoms with Crippen molar-refractivity contribution in [1.82, 2.24) is 9.97 Å². The number of phenols is 1. The number of benzene rings is 2. The normalized spacial score (nSPS) is 10.4. The van der Waals surface area contributed by atoms with Crippen molar-refractivity contribution in [3.63, 3.8) is 0 Å². The average Bonchev–Trinajstić information content (AvgIpc) is 2.61. The molecule has 3 aromatic rings. The Morgan fingerprint density at radius 3 is 2.38 bits per heavy atom. The van der Waals surface area contributed by atoms with Crippen molar-refractivity contribution < 1.29 is 14.6 Å². The predicted molar refractivity (Wildman–Crippen MR) is 90.6 cm³/mol. The maximum atomic E-state index is 12.2. The number of aromatic hydroxyl groups is 1. The molecule has 0 saturated carbocycles. The van der Waals surface area contributed by atoms with E-state index in [4.69, 9.17) is 4.74 Å². The first-order valence-electron chi connectivity index (χ1n) is 7.42. The van der Waals surface area contributed by atoms with E-state index in [0.717, 1.165) is 5.56 Å². The molecule has 0 spiro atoms. The molecule has 0 bridgehead atoms. The Bertz CT molecular complexity index is 892. The van der Waals surface area contributed by atoms with E-state index >= 15 is 0 Å². The summed E-state index contributed by atoms with van der Waals surface area (Å²) in [6.07, 6.45) is 0. The molecule has 0 aliphatic heterocycles. The van der Waals surface area contributed by atoms with Crippen LogP contribution < -0.4 is 0 Å². The number of methoxy groups -OCH3 is 1. The van der Waals surface area contributed by atoms with Gasteiger partial charge in [-0.3, -0.25) is 0 Å². The molecular formula is C19H16N2O3. The fraction of sp³-hybridized carbons (Fsp3) is 0.105. The molecular weight excluding hydrogens is 304 g/mol. The van der Waals surface area contributed by atoms with Crippen molar-refractivity contribution in [2.75, 3.05) is 7.11 Å². The lowest BCUT2D eigenvalue weighted by Crippen LogP contribution is -2.10. The summed E-state index contributed by atoms with van der Waals surface area (Å²) >= 11 is 0. The van der Waals surface area contributed by atoms with Crippen molar-refractivity contribution in [1.29, 1.82) is 0 Å². The number of rotatable bonds is 3. The quantitative estimate of drug-likeness (QED) is 0.746. The Balaban J connectivity index is 2.27. The van der Waals surface area contributed by atoms with Crippen LogP contribution in [0.1, 0.15) is 16.1 Å². The standard InChI is InChI=1S/C19H16N2O3/c1-12-16(19(23)24-2)17(14-9-6-10-15(22)11-14)21-18(20-12)13-7-4-3-5-8-13/h3-11,22H,1-2H3. The molecule has 1 heterocycles. The number of nitrogens with zero attached hydrogens (tertiary/aromatic N) is 2. The van der Waals surface area contributed by atoms with Crippen molar-refractivity contribution in [3.05, 3.63) is 65.9 Å². The summed E-state index contributed by atoms with van der Waals surface area (Å²) in [5.74, 6) is 0.102. The minimum Gasteiger partial charge on any atom is -0.508 e. The number of carbonyl (C=O) groups is 1. The van der Waals surface area contributed by atoms with Crippen LogP contribution in [0.25, 0.3) is 22.6 Å². The monoisotopic (exact) mass is 320 g/mol. The van der Waals surface area contributed by atoms with Crippen LogP contribution in [0.4, 0.5) is 0 Å². The van der Waals surface area contributed by atoms with Crippen LogP contribution in [0, 0.1) is 6.92 Å². The van der Waals surface area contributed by atoms with Gasteiger partial charge >= 0.3 is 5.97 Å². The van der Waals surface area contributed by atoms with Crippen molar-refractivity contribution in [2.45, 2.75) is 6.92 Å². The summed E-state index contributed by atoms with van der Waals surface area (Å²) < 4.78 is 4.87. The lowest BCUT2D eigenvalue weighted by molar-refractivity contribution is 0.0600. The van der Waals surface area contributed by atoms with Gasteiger partial charge in [-0.25, -0.2) is 14.8 Å². The average molecular weight is 320 g/mol. The van der Waals surface area contributed by atoms with Crippen LogP contribution in [-0.4, -0.2) is 28.2 Å². The van der Waals surface area contributed by atoms with Gasteiger partial charge < -0.3 is 9.84 Å². The number of aromatic nitrogens is 2. The third kappa shape index (κ3) is 2.96. The maximum absolute atomic E-state index is 12.2. The molecule has 0 amide bonds. The maximum Gasteiger partial charge on any atom is 0.341 e. The first-order chi connectivity index (χ1) is 11.6. The Labute approximate surface area is 139 Å². The van der Waals surface area contributed by atoms with Crippen LogP contribution in [0.15, 0.2) is 54.6 Å². The molecule has 2 aromatic carbocycles. The number of ether oxygens (including phenoxy) is 1. The highest BCUT2D eigenvalue weighted by Crippen LogP contribution is 2.29. The van der Waals surface area contributed by atoms with Gasteiger partial charge in [-0.1, -0.05) is 42.5 Å². The van der Waals surface area contributed by atoms with Crippen molar-refractivity contribution >= 4 is 5.97 Å². The van der Waals surface area contributed by atoms with Gasteiger partial charge in [0.2, 0.25) is 0 Å². The summed E-state index contributed by atoms with van der Waals surface area (Å²) in [4.78, 5) is 21.2. The molecule has 0 aliphatic rings. The van der Waals surface area contributed by atoms with Crippen molar-refractivity contribution in [3.8, 4) is 28.4 Å². The SMILES string of the molecule is COC(=O)c1c(C)nc(-c2ccccc2)nc1-c1cccc(O)c1. The molecule has 24 heavy (non-hydrogen) atoms. The summed E-state index contributed by atoms with van der Waals surface area (Å²) in [5, 5.41) is 9.76. The van der Waals surface area contributed by atoms with Crippen LogP contribution >= 0.6 is 0 Å². The zero-order chi connectivity index (χ0) is 17.1. The minimum atomic E-state index is -0.509. The number of carbonyl (C=O) groups excluding carboxylic acids is 1. The van der Waals surface area contributed by atoms with E-state index in [2.05, 4.69) is 9.97 Å². The highest BCUT2D eigenvalue weighted by atomic mass is 16.5. The van der Waals surface area contributed by atoms with E-state index < -0.39 is 5.97 Å². The zero-order valence-electron chi connectivity index (χ0n) is 13.4. The van der Waals surface area contributed by atoms with Gasteiger partial charge in [0.15, 0.2) is 5.82 Å². The second-order valence-corrected chi connectivity index (χ2v) is 5.26. The zero-order valence-corrected chi connectivity index (χ0v) is 13.4. The van der Waals surface area contributed by atoms with Gasteiger partial charge in [-0.15, -0.1) is 0 Å². The van der Waals surface area contributed by atoms with E-state index in [1.165, 1.54) is 7.11 Å². The Kier molecular flexibility index (Phi) is 4.24. The van der Waals surface area contributed by atoms with Crippen LogP contribution in [0.5, 0.6) is 5.75 Å². The highest BCUT2D eigenvalue weighted by molar-refractivity contribution is 5.97. The van der Waals surface area contributed by atoms with E-state index in [0.29, 0.717) is 28.3 Å². The number of esters is 1. The van der Waals surface area contributed by atoms with E-state index in [1.807, 2.05) is 30.3 Å². The van der Waals surface area contributed by atoms with Crippen LogP contribution in [0.2, 0.25) is 0 Å². The molecule has 3 rings (SSSR count). The molecule has 1 N–H and O–H groups in total. The third-order valence-corrected chi connectivity index (χ3v) is 3.63. The van der Waals surface area contributed by atoms with E-state index in [-0.39, 0.29) is 5.75 Å². The molecule has 0 aliphatic carbocycles. The number of phenolic OH excluding ortho intramolecular Hbond substituents is 1. The Morgan fingerprint density at radius 2 is 1.71 bits per heavy atom. The molecule has 0 saturated heterocycles. The molecule has 1 aromatic heterocycles. The third-order valence-electron chi connectivity index (χ3n) is 3.63. The largest absolute Gasteiger partial charge is 0.508 e. The fourth-order valence-electron chi connectivity index (χ4n) is 2.50. The van der Waals surface area contributed by atoms with Gasteiger partial charge in [-0.2, -0.15) is 0 Å². The number of hydrogen-bond acceptors (Lipinski definition) is 5. The summed E-state index contributed by atoms with van der Waals surface area (Å²) in [6.45, 7) is 1.74. The summed E-state index contributed by atoms with van der Waals surface area (Å²) in [5.41, 5.74) is 2.72. The molecule has 5 nitrogen and oxygen atoms in total. The van der Waals surface area contributed by atoms with Crippen LogP contribution in [0.3, 0.4) is 0 Å². The smallest absolute Gasteiger partial charge is 0.341 e. The number of hydrogen-bond donors (Lipinski definition) is 1. The Hall–Kier alpha value is -3.21. The summed E-state index contributed by atoms with van der Waals surface area (Å²) in [6, 6.07) is 16.1. The summed E-state index contributed by atoms with van der Waals surface area (Å²) in [7, 11) is 1.32. The second kappa shape index (κ2) is 6.50. The van der Waals surface area contributed by atoms with E-state index in [1.54, 1.807) is 31.2 Å². The fourth-order valence-corrected chi connectivity index (χ4v) is 2.50. The minimum absolute atomic E-state index is 0.0980. The molecule has 0 atom stereocenters. The number of aryl methyl sites for hydroxylation is 1. The molecule has 0 unspecified atom stereocenters. The van der Waals surface area contributed by atoms with Gasteiger partial charge in [0.1, 0.15) is 11.3 Å². The van der Waals surface area contributed by atoms with Crippen LogP contribution in [-0.2, 0) is 4.74 Å². The second-order valence-electron chi connectivity index (χ2n) is 5.26. The Morgan fingerprint density at radius 1 is 1.00 bits per heavy atom. The molecule has 0 radical (unpaired) electrons. The first kappa shape index (κ1) is 15.7.